The Morgan fingerprint density at radius 3 is 2.35 bits per heavy atom. The molecule has 13 heteroatoms. The fraction of sp³-hybridized carbons (Fsp3) is 0.556. The first-order chi connectivity index (χ1) is 18.8. The summed E-state index contributed by atoms with van der Waals surface area (Å²) in [5, 5.41) is 18.2. The third-order valence-corrected chi connectivity index (χ3v) is 7.27. The van der Waals surface area contributed by atoms with Gasteiger partial charge in [-0.3, -0.25) is 10.1 Å². The molecule has 1 aliphatic heterocycles. The summed E-state index contributed by atoms with van der Waals surface area (Å²) >= 11 is 5.56. The lowest BCUT2D eigenvalue weighted by atomic mass is 9.92. The first-order valence-corrected chi connectivity index (χ1v) is 13.8. The standard InChI is InChI=1S/C27H35F3N6O3S/c1-26(2,3)33-25(40)35-15-13-34(14-16-35)23-5-4-6-24(32-23)39-20-10-7-18(8-11-20)31-19-9-12-22(36(37)38)21(17-19)27(28,29)30/h4-6,9,12,17-18,20,31H,7-8,10-11,13-16H2,1-3H3,(H,33,40). The Labute approximate surface area is 237 Å². The number of alkyl halides is 3. The summed E-state index contributed by atoms with van der Waals surface area (Å²) in [6, 6.07) is 8.70. The van der Waals surface area contributed by atoms with Gasteiger partial charge in [0.1, 0.15) is 17.5 Å². The minimum absolute atomic E-state index is 0.0545. The van der Waals surface area contributed by atoms with Crippen LogP contribution in [-0.2, 0) is 6.18 Å². The van der Waals surface area contributed by atoms with Crippen molar-refractivity contribution in [3.63, 3.8) is 0 Å². The molecule has 0 amide bonds. The zero-order valence-electron chi connectivity index (χ0n) is 22.8. The van der Waals surface area contributed by atoms with Gasteiger partial charge in [0, 0.05) is 55.6 Å². The highest BCUT2D eigenvalue weighted by molar-refractivity contribution is 7.80. The number of nitro benzene ring substituents is 1. The molecule has 0 unspecified atom stereocenters. The predicted octanol–water partition coefficient (Wildman–Crippen LogP) is 5.61. The quantitative estimate of drug-likeness (QED) is 0.257. The molecule has 0 spiro atoms. The van der Waals surface area contributed by atoms with E-state index in [-0.39, 0.29) is 23.4 Å². The fourth-order valence-corrected chi connectivity index (χ4v) is 5.42. The predicted molar refractivity (Wildman–Crippen MR) is 152 cm³/mol. The fourth-order valence-electron chi connectivity index (χ4n) is 4.93. The van der Waals surface area contributed by atoms with E-state index in [9.17, 15) is 23.3 Å². The smallest absolute Gasteiger partial charge is 0.423 e. The van der Waals surface area contributed by atoms with Crippen LogP contribution in [0.15, 0.2) is 36.4 Å². The minimum atomic E-state index is -4.81. The van der Waals surface area contributed by atoms with Crippen molar-refractivity contribution in [3.8, 4) is 5.88 Å². The topological polar surface area (TPSA) is 95.8 Å². The monoisotopic (exact) mass is 580 g/mol. The van der Waals surface area contributed by atoms with E-state index in [2.05, 4.69) is 41.2 Å². The third-order valence-electron chi connectivity index (χ3n) is 6.91. The van der Waals surface area contributed by atoms with Gasteiger partial charge < -0.3 is 25.2 Å². The lowest BCUT2D eigenvalue weighted by Crippen LogP contribution is -2.55. The zero-order chi connectivity index (χ0) is 29.1. The average Bonchev–Trinajstić information content (AvgIpc) is 2.88. The molecular weight excluding hydrogens is 545 g/mol. The molecule has 218 valence electrons. The molecule has 1 aliphatic carbocycles. The van der Waals surface area contributed by atoms with Gasteiger partial charge >= 0.3 is 6.18 Å². The highest BCUT2D eigenvalue weighted by atomic mass is 32.1. The van der Waals surface area contributed by atoms with Gasteiger partial charge in [0.15, 0.2) is 5.11 Å². The summed E-state index contributed by atoms with van der Waals surface area (Å²) in [4.78, 5) is 19.1. The summed E-state index contributed by atoms with van der Waals surface area (Å²) in [5.74, 6) is 1.40. The van der Waals surface area contributed by atoms with Crippen molar-refractivity contribution >= 4 is 34.5 Å². The maximum absolute atomic E-state index is 13.3. The molecule has 1 aromatic carbocycles. The normalized spacial score (nSPS) is 20.1. The van der Waals surface area contributed by atoms with Crippen LogP contribution in [0.1, 0.15) is 52.0 Å². The number of pyridine rings is 1. The molecule has 40 heavy (non-hydrogen) atoms. The van der Waals surface area contributed by atoms with Crippen LogP contribution in [-0.4, -0.2) is 63.8 Å². The maximum Gasteiger partial charge on any atom is 0.423 e. The van der Waals surface area contributed by atoms with Crippen molar-refractivity contribution < 1.29 is 22.8 Å². The lowest BCUT2D eigenvalue weighted by molar-refractivity contribution is -0.388. The van der Waals surface area contributed by atoms with Crippen LogP contribution < -0.4 is 20.3 Å². The number of hydrogen-bond acceptors (Lipinski definition) is 7. The second kappa shape index (κ2) is 12.0. The number of thiocarbonyl (C=S) groups is 1. The van der Waals surface area contributed by atoms with Crippen molar-refractivity contribution in [1.29, 1.82) is 0 Å². The van der Waals surface area contributed by atoms with Crippen LogP contribution in [0.2, 0.25) is 0 Å². The van der Waals surface area contributed by atoms with Crippen molar-refractivity contribution in [1.82, 2.24) is 15.2 Å². The molecule has 4 rings (SSSR count). The Kier molecular flexibility index (Phi) is 8.91. The summed E-state index contributed by atoms with van der Waals surface area (Å²) in [7, 11) is 0. The Morgan fingerprint density at radius 1 is 1.07 bits per heavy atom. The number of aromatic nitrogens is 1. The molecule has 9 nitrogen and oxygen atoms in total. The molecule has 0 bridgehead atoms. The van der Waals surface area contributed by atoms with Crippen molar-refractivity contribution in [2.45, 2.75) is 70.3 Å². The molecule has 0 radical (unpaired) electrons. The van der Waals surface area contributed by atoms with E-state index in [1.54, 1.807) is 0 Å². The van der Waals surface area contributed by atoms with E-state index in [0.717, 1.165) is 49.2 Å². The summed E-state index contributed by atoms with van der Waals surface area (Å²) in [6.45, 7) is 9.42. The molecule has 1 aromatic heterocycles. The van der Waals surface area contributed by atoms with Gasteiger partial charge in [-0.15, -0.1) is 0 Å². The Balaban J connectivity index is 1.28. The van der Waals surface area contributed by atoms with Crippen molar-refractivity contribution in [2.75, 3.05) is 36.4 Å². The first-order valence-electron chi connectivity index (χ1n) is 13.4. The van der Waals surface area contributed by atoms with E-state index in [4.69, 9.17) is 21.9 Å². The van der Waals surface area contributed by atoms with Gasteiger partial charge in [-0.05, 0) is 76.9 Å². The maximum atomic E-state index is 13.3. The van der Waals surface area contributed by atoms with E-state index in [0.29, 0.717) is 31.6 Å². The highest BCUT2D eigenvalue weighted by Gasteiger charge is 2.38. The van der Waals surface area contributed by atoms with Crippen LogP contribution in [0.4, 0.5) is 30.4 Å². The number of hydrogen-bond donors (Lipinski definition) is 2. The Bertz CT molecular complexity index is 1210. The number of nitro groups is 1. The first kappa shape index (κ1) is 29.6. The summed E-state index contributed by atoms with van der Waals surface area (Å²) in [5.41, 5.74) is -2.08. The van der Waals surface area contributed by atoms with E-state index >= 15 is 0 Å². The molecule has 1 saturated heterocycles. The highest BCUT2D eigenvalue weighted by Crippen LogP contribution is 2.38. The van der Waals surface area contributed by atoms with Gasteiger partial charge in [-0.1, -0.05) is 6.07 Å². The lowest BCUT2D eigenvalue weighted by Gasteiger charge is -2.38. The third kappa shape index (κ3) is 7.86. The zero-order valence-corrected chi connectivity index (χ0v) is 23.6. The molecule has 1 saturated carbocycles. The second-order valence-electron chi connectivity index (χ2n) is 11.2. The molecule has 2 fully saturated rings. The number of nitrogens with zero attached hydrogens (tertiary/aromatic N) is 4. The number of anilines is 2. The molecule has 0 atom stereocenters. The van der Waals surface area contributed by atoms with Crippen LogP contribution in [0, 0.1) is 10.1 Å². The largest absolute Gasteiger partial charge is 0.474 e. The van der Waals surface area contributed by atoms with Gasteiger partial charge in [0.25, 0.3) is 5.69 Å². The van der Waals surface area contributed by atoms with Crippen LogP contribution in [0.3, 0.4) is 0 Å². The minimum Gasteiger partial charge on any atom is -0.474 e. The Morgan fingerprint density at radius 2 is 1.75 bits per heavy atom. The second-order valence-corrected chi connectivity index (χ2v) is 11.6. The number of ether oxygens (including phenoxy) is 1. The molecule has 2 aliphatic rings. The number of piperazine rings is 1. The number of benzene rings is 1. The van der Waals surface area contributed by atoms with E-state index in [1.807, 2.05) is 18.2 Å². The van der Waals surface area contributed by atoms with Crippen molar-refractivity contribution in [3.05, 3.63) is 52.1 Å². The van der Waals surface area contributed by atoms with Crippen molar-refractivity contribution in [2.24, 2.45) is 0 Å². The van der Waals surface area contributed by atoms with E-state index in [1.165, 1.54) is 6.07 Å². The SMILES string of the molecule is CC(C)(C)NC(=S)N1CCN(c2cccc(OC3CCC(Nc4ccc([N+](=O)[O-])c(C(F)(F)F)c4)CC3)n2)CC1. The number of nitrogens with one attached hydrogen (secondary N) is 2. The van der Waals surface area contributed by atoms with Crippen LogP contribution >= 0.6 is 12.2 Å². The molecule has 2 heterocycles. The van der Waals surface area contributed by atoms with Gasteiger partial charge in [0.05, 0.1) is 4.92 Å². The number of halogens is 3. The van der Waals surface area contributed by atoms with Crippen LogP contribution in [0.25, 0.3) is 0 Å². The van der Waals surface area contributed by atoms with Crippen LogP contribution in [0.5, 0.6) is 5.88 Å². The summed E-state index contributed by atoms with van der Waals surface area (Å²) in [6.07, 6.45) is -2.07. The van der Waals surface area contributed by atoms with E-state index < -0.39 is 22.4 Å². The molecular formula is C27H35F3N6O3S. The van der Waals surface area contributed by atoms with Gasteiger partial charge in [0.2, 0.25) is 5.88 Å². The summed E-state index contributed by atoms with van der Waals surface area (Å²) < 4.78 is 46.1. The number of rotatable bonds is 6. The molecule has 2 N–H and O–H groups in total. The van der Waals surface area contributed by atoms with Gasteiger partial charge in [-0.2, -0.15) is 18.2 Å². The molecule has 2 aromatic rings. The average molecular weight is 581 g/mol. The Hall–Kier alpha value is -3.35. The van der Waals surface area contributed by atoms with Gasteiger partial charge in [-0.25, -0.2) is 0 Å².